The van der Waals surface area contributed by atoms with Crippen LogP contribution in [-0.4, -0.2) is 34.4 Å². The number of nitrogens with zero attached hydrogens (tertiary/aromatic N) is 2. The fourth-order valence-electron chi connectivity index (χ4n) is 1.11. The van der Waals surface area contributed by atoms with E-state index >= 15 is 0 Å². The Morgan fingerprint density at radius 2 is 1.42 bits per heavy atom. The van der Waals surface area contributed by atoms with E-state index in [-0.39, 0.29) is 11.8 Å². The molecule has 2 aliphatic heterocycles. The molecule has 0 spiro atoms. The fourth-order valence-corrected chi connectivity index (χ4v) is 1.11. The number of rotatable bonds is 0. The number of hydrogen-bond acceptors (Lipinski definition) is 6. The van der Waals surface area contributed by atoms with E-state index in [0.717, 1.165) is 12.2 Å². The summed E-state index contributed by atoms with van der Waals surface area (Å²) in [6.45, 7) is 2.93. The Morgan fingerprint density at radius 3 is 1.58 bits per heavy atom. The van der Waals surface area contributed by atoms with Crippen molar-refractivity contribution >= 4 is 29.5 Å². The van der Waals surface area contributed by atoms with Crippen molar-refractivity contribution in [3.05, 3.63) is 24.4 Å². The second-order valence-corrected chi connectivity index (χ2v) is 3.14. The molecular formula is C10H8CoN2O6-2. The van der Waals surface area contributed by atoms with Crippen molar-refractivity contribution in [2.75, 3.05) is 0 Å². The van der Waals surface area contributed by atoms with E-state index in [2.05, 4.69) is 27.9 Å². The van der Waals surface area contributed by atoms with Crippen molar-refractivity contribution in [2.45, 2.75) is 12.8 Å². The zero-order valence-electron chi connectivity index (χ0n) is 9.45. The molecule has 0 radical (unpaired) electrons. The Kier molecular flexibility index (Phi) is 7.15. The molecule has 0 aromatic carbocycles. The van der Waals surface area contributed by atoms with E-state index in [1.54, 1.807) is 0 Å². The third kappa shape index (κ3) is 5.36. The van der Waals surface area contributed by atoms with Gasteiger partial charge in [0.05, 0.1) is 17.7 Å². The summed E-state index contributed by atoms with van der Waals surface area (Å²) in [5, 5.41) is 3.11. The van der Waals surface area contributed by atoms with E-state index < -0.39 is 17.7 Å². The van der Waals surface area contributed by atoms with Gasteiger partial charge in [0, 0.05) is 12.2 Å². The molecule has 0 unspecified atom stereocenters. The summed E-state index contributed by atoms with van der Waals surface area (Å²) in [5.74, 6) is -2.58. The Labute approximate surface area is 116 Å². The van der Waals surface area contributed by atoms with Gasteiger partial charge in [-0.25, -0.2) is 4.90 Å². The summed E-state index contributed by atoms with van der Waals surface area (Å²) >= 11 is 2.31. The van der Waals surface area contributed by atoms with E-state index in [1.165, 1.54) is 0 Å². The van der Waals surface area contributed by atoms with Crippen molar-refractivity contribution in [1.29, 1.82) is 0 Å². The van der Waals surface area contributed by atoms with Crippen LogP contribution >= 0.6 is 0 Å². The molecule has 105 valence electrons. The van der Waals surface area contributed by atoms with Crippen LogP contribution in [-0.2, 0) is 43.5 Å². The van der Waals surface area contributed by atoms with Crippen LogP contribution in [0.4, 0.5) is 0 Å². The van der Waals surface area contributed by atoms with Crippen LogP contribution in [0.3, 0.4) is 0 Å². The Bertz CT molecular complexity index is 427. The number of carbonyl (C=O) groups is 5. The summed E-state index contributed by atoms with van der Waals surface area (Å²) in [6.07, 6.45) is 2.70. The molecule has 9 heteroatoms. The second kappa shape index (κ2) is 8.05. The maximum absolute atomic E-state index is 10.6. The number of hydrogen-bond donors (Lipinski definition) is 0. The zero-order chi connectivity index (χ0) is 15.0. The van der Waals surface area contributed by atoms with Crippen LogP contribution in [0.5, 0.6) is 0 Å². The monoisotopic (exact) mass is 311 g/mol. The molecule has 0 N–H and O–H groups in total. The minimum absolute atomic E-state index is 0.273. The first-order valence-corrected chi connectivity index (χ1v) is 5.17. The molecule has 0 bridgehead atoms. The topological polar surface area (TPSA) is 120 Å². The van der Waals surface area contributed by atoms with Crippen LogP contribution in [0.15, 0.2) is 12.2 Å². The van der Waals surface area contributed by atoms with Crippen molar-refractivity contribution < 1.29 is 43.5 Å². The molecule has 1 fully saturated rings. The molecule has 19 heavy (non-hydrogen) atoms. The average molecular weight is 311 g/mol. The molecule has 2 rings (SSSR count). The molecule has 0 saturated carbocycles. The second-order valence-electron chi connectivity index (χ2n) is 3.14. The SMILES string of the molecule is O=C1CCC(=O)[N-]1.[CH2-]C(=O)N1C(=O)C=CC1=O.[O]=[Co]. The van der Waals surface area contributed by atoms with Gasteiger partial charge in [-0.2, -0.15) is 0 Å². The molecule has 0 aromatic rings. The quantitative estimate of drug-likeness (QED) is 0.433. The molecule has 0 aliphatic carbocycles. The van der Waals surface area contributed by atoms with E-state index in [4.69, 9.17) is 3.87 Å². The predicted molar refractivity (Wildman–Crippen MR) is 54.7 cm³/mol. The van der Waals surface area contributed by atoms with Crippen LogP contribution in [0, 0.1) is 6.92 Å². The van der Waals surface area contributed by atoms with E-state index in [1.807, 2.05) is 0 Å². The van der Waals surface area contributed by atoms with E-state index in [0.29, 0.717) is 17.7 Å². The summed E-state index contributed by atoms with van der Waals surface area (Å²) in [7, 11) is 0. The van der Waals surface area contributed by atoms with Gasteiger partial charge in [0.25, 0.3) is 11.8 Å². The maximum atomic E-state index is 10.6. The van der Waals surface area contributed by atoms with Crippen LogP contribution in [0.25, 0.3) is 5.32 Å². The number of imide groups is 4. The standard InChI is InChI=1S/C6H4NO3.C4H5NO2.Co.O/c1-4(8)7-5(9)2-3-6(7)10;6-3-1-2-4(7)5-3;;/h2-3H,1H2;1-2H2,(H,5,6,7);;/q-1;;;/p-1. The van der Waals surface area contributed by atoms with Gasteiger partial charge in [-0.15, -0.1) is 0 Å². The van der Waals surface area contributed by atoms with Gasteiger partial charge in [0.1, 0.15) is 0 Å². The molecular weight excluding hydrogens is 303 g/mol. The van der Waals surface area contributed by atoms with Crippen LogP contribution in [0.1, 0.15) is 12.8 Å². The summed E-state index contributed by atoms with van der Waals surface area (Å²) in [4.78, 5) is 52.2. The van der Waals surface area contributed by atoms with Gasteiger partial charge in [0.15, 0.2) is 0 Å². The fraction of sp³-hybridized carbons (Fsp3) is 0.200. The van der Waals surface area contributed by atoms with Crippen molar-refractivity contribution in [3.63, 3.8) is 0 Å². The molecule has 5 amide bonds. The van der Waals surface area contributed by atoms with Gasteiger partial charge in [-0.3, -0.25) is 9.59 Å². The Morgan fingerprint density at radius 1 is 1.05 bits per heavy atom. The van der Waals surface area contributed by atoms with Gasteiger partial charge < -0.3 is 26.6 Å². The summed E-state index contributed by atoms with van der Waals surface area (Å²) in [6, 6.07) is 0. The predicted octanol–water partition coefficient (Wildman–Crippen LogP) is -0.642. The summed E-state index contributed by atoms with van der Waals surface area (Å²) in [5.41, 5.74) is 0. The Hall–Kier alpha value is -2.13. The Balaban J connectivity index is 0.000000316. The molecule has 1 saturated heterocycles. The number of carbonyl (C=O) groups excluding carboxylic acids is 5. The average Bonchev–Trinajstić information content (AvgIpc) is 2.88. The van der Waals surface area contributed by atoms with Gasteiger partial charge in [-0.05, 0) is 12.8 Å². The first kappa shape index (κ1) is 16.9. The first-order valence-electron chi connectivity index (χ1n) is 4.75. The van der Waals surface area contributed by atoms with Crippen molar-refractivity contribution in [2.24, 2.45) is 0 Å². The van der Waals surface area contributed by atoms with Gasteiger partial charge in [0.2, 0.25) is 0 Å². The van der Waals surface area contributed by atoms with Gasteiger partial charge in [-0.1, -0.05) is 0 Å². The zero-order valence-corrected chi connectivity index (χ0v) is 10.5. The molecule has 2 aliphatic rings. The number of amides is 5. The molecule has 8 nitrogen and oxygen atoms in total. The summed E-state index contributed by atoms with van der Waals surface area (Å²) < 4.78 is 7.94. The third-order valence-corrected chi connectivity index (χ3v) is 1.86. The molecule has 0 atom stereocenters. The van der Waals surface area contributed by atoms with Crippen LogP contribution < -0.4 is 0 Å². The van der Waals surface area contributed by atoms with Gasteiger partial charge >= 0.3 is 19.5 Å². The third-order valence-electron chi connectivity index (χ3n) is 1.86. The van der Waals surface area contributed by atoms with Crippen molar-refractivity contribution in [3.8, 4) is 0 Å². The molecule has 2 heterocycles. The molecule has 0 aromatic heterocycles. The normalized spacial score (nSPS) is 16.4. The first-order chi connectivity index (χ1) is 8.91. The van der Waals surface area contributed by atoms with E-state index in [9.17, 15) is 24.0 Å². The van der Waals surface area contributed by atoms with Crippen LogP contribution in [0.2, 0.25) is 0 Å². The van der Waals surface area contributed by atoms with Crippen molar-refractivity contribution in [1.82, 2.24) is 4.90 Å². The minimum atomic E-state index is -0.792.